The van der Waals surface area contributed by atoms with Gasteiger partial charge in [0.1, 0.15) is 11.5 Å². The Morgan fingerprint density at radius 3 is 2.62 bits per heavy atom. The van der Waals surface area contributed by atoms with Crippen LogP contribution in [0, 0.1) is 0 Å². The molecule has 0 spiro atoms. The van der Waals surface area contributed by atoms with E-state index in [1.54, 1.807) is 36.7 Å². The third-order valence-corrected chi connectivity index (χ3v) is 2.77. The first-order valence-corrected chi connectivity index (χ1v) is 5.93. The fourth-order valence-electron chi connectivity index (χ4n) is 1.13. The summed E-state index contributed by atoms with van der Waals surface area (Å²) in [7, 11) is 0. The Morgan fingerprint density at radius 2 is 1.94 bits per heavy atom. The Morgan fingerprint density at radius 1 is 1.12 bits per heavy atom. The molecule has 0 fully saturated rings. The highest BCUT2D eigenvalue weighted by atomic mass is 79.9. The molecule has 0 unspecified atom stereocenters. The molecular formula is C11H6BrCl2NO. The third-order valence-electron chi connectivity index (χ3n) is 1.80. The molecule has 1 aromatic carbocycles. The van der Waals surface area contributed by atoms with Gasteiger partial charge in [0, 0.05) is 15.7 Å². The molecule has 0 amide bonds. The predicted molar refractivity (Wildman–Crippen MR) is 68.5 cm³/mol. The minimum atomic E-state index is 0.465. The van der Waals surface area contributed by atoms with Gasteiger partial charge in [0.2, 0.25) is 0 Å². The van der Waals surface area contributed by atoms with Crippen LogP contribution < -0.4 is 4.74 Å². The van der Waals surface area contributed by atoms with Crippen molar-refractivity contribution in [3.05, 3.63) is 51.2 Å². The maximum absolute atomic E-state index is 5.98. The zero-order valence-corrected chi connectivity index (χ0v) is 11.1. The van der Waals surface area contributed by atoms with Gasteiger partial charge < -0.3 is 4.74 Å². The van der Waals surface area contributed by atoms with E-state index in [4.69, 9.17) is 27.9 Å². The first-order chi connectivity index (χ1) is 7.65. The molecule has 5 heteroatoms. The molecule has 1 heterocycles. The molecule has 0 aliphatic heterocycles. The molecule has 0 saturated heterocycles. The summed E-state index contributed by atoms with van der Waals surface area (Å²) in [6.45, 7) is 0. The molecular weight excluding hydrogens is 313 g/mol. The van der Waals surface area contributed by atoms with Crippen LogP contribution in [0.4, 0.5) is 0 Å². The van der Waals surface area contributed by atoms with E-state index in [1.807, 2.05) is 0 Å². The van der Waals surface area contributed by atoms with E-state index < -0.39 is 0 Å². The van der Waals surface area contributed by atoms with Crippen LogP contribution in [0.25, 0.3) is 0 Å². The molecule has 16 heavy (non-hydrogen) atoms. The summed E-state index contributed by atoms with van der Waals surface area (Å²) < 4.78 is 6.40. The normalized spacial score (nSPS) is 10.2. The van der Waals surface area contributed by atoms with Crippen molar-refractivity contribution in [1.29, 1.82) is 0 Å². The number of rotatable bonds is 2. The summed E-state index contributed by atoms with van der Waals surface area (Å²) in [5.74, 6) is 1.16. The molecule has 2 rings (SSSR count). The maximum Gasteiger partial charge on any atom is 0.146 e. The number of nitrogens with zero attached hydrogens (tertiary/aromatic N) is 1. The second-order valence-electron chi connectivity index (χ2n) is 3.02. The van der Waals surface area contributed by atoms with E-state index in [-0.39, 0.29) is 0 Å². The van der Waals surface area contributed by atoms with Crippen molar-refractivity contribution in [3.63, 3.8) is 0 Å². The first-order valence-electron chi connectivity index (χ1n) is 4.38. The van der Waals surface area contributed by atoms with Crippen LogP contribution in [-0.2, 0) is 0 Å². The molecule has 1 aromatic heterocycles. The summed E-state index contributed by atoms with van der Waals surface area (Å²) in [6.07, 6.45) is 3.28. The number of halogens is 3. The quantitative estimate of drug-likeness (QED) is 0.782. The zero-order valence-electron chi connectivity index (χ0n) is 7.95. The summed E-state index contributed by atoms with van der Waals surface area (Å²) in [6, 6.07) is 6.86. The van der Waals surface area contributed by atoms with Crippen molar-refractivity contribution in [1.82, 2.24) is 4.98 Å². The molecule has 0 radical (unpaired) electrons. The molecule has 0 N–H and O–H groups in total. The van der Waals surface area contributed by atoms with Crippen LogP contribution in [0.2, 0.25) is 10.0 Å². The van der Waals surface area contributed by atoms with Crippen LogP contribution in [0.5, 0.6) is 11.5 Å². The second kappa shape index (κ2) is 5.04. The van der Waals surface area contributed by atoms with E-state index in [2.05, 4.69) is 20.9 Å². The van der Waals surface area contributed by atoms with Crippen LogP contribution in [0.3, 0.4) is 0 Å². The molecule has 2 nitrogen and oxygen atoms in total. The monoisotopic (exact) mass is 317 g/mol. The minimum Gasteiger partial charge on any atom is -0.454 e. The van der Waals surface area contributed by atoms with Crippen molar-refractivity contribution in [2.75, 3.05) is 0 Å². The number of pyridine rings is 1. The van der Waals surface area contributed by atoms with Gasteiger partial charge in [0.25, 0.3) is 0 Å². The van der Waals surface area contributed by atoms with Crippen molar-refractivity contribution in [3.8, 4) is 11.5 Å². The summed E-state index contributed by atoms with van der Waals surface area (Å²) in [5.41, 5.74) is 0. The number of hydrogen-bond acceptors (Lipinski definition) is 2. The standard InChI is InChI=1S/C11H6BrCl2NO/c12-7-3-9(6-15-5-7)16-11-2-1-8(13)4-10(11)14/h1-6H. The van der Waals surface area contributed by atoms with Gasteiger partial charge in [-0.1, -0.05) is 23.2 Å². The SMILES string of the molecule is Clc1ccc(Oc2cncc(Br)c2)c(Cl)c1. The molecule has 0 aliphatic rings. The van der Waals surface area contributed by atoms with Gasteiger partial charge in [-0.05, 0) is 40.2 Å². The van der Waals surface area contributed by atoms with Crippen LogP contribution >= 0.6 is 39.1 Å². The van der Waals surface area contributed by atoms with E-state index in [0.717, 1.165) is 4.47 Å². The summed E-state index contributed by atoms with van der Waals surface area (Å²) >= 11 is 15.1. The van der Waals surface area contributed by atoms with Gasteiger partial charge in [0.15, 0.2) is 0 Å². The molecule has 82 valence electrons. The molecule has 0 aliphatic carbocycles. The minimum absolute atomic E-state index is 0.465. The number of aromatic nitrogens is 1. The van der Waals surface area contributed by atoms with E-state index >= 15 is 0 Å². The number of benzene rings is 1. The van der Waals surface area contributed by atoms with E-state index in [9.17, 15) is 0 Å². The number of hydrogen-bond donors (Lipinski definition) is 0. The van der Waals surface area contributed by atoms with Gasteiger partial charge in [-0.3, -0.25) is 4.98 Å². The maximum atomic E-state index is 5.98. The molecule has 0 saturated carbocycles. The molecule has 2 aromatic rings. The fourth-order valence-corrected chi connectivity index (χ4v) is 1.92. The highest BCUT2D eigenvalue weighted by molar-refractivity contribution is 9.10. The largest absolute Gasteiger partial charge is 0.454 e. The fraction of sp³-hybridized carbons (Fsp3) is 0. The highest BCUT2D eigenvalue weighted by Crippen LogP contribution is 2.31. The lowest BCUT2D eigenvalue weighted by Crippen LogP contribution is -1.86. The summed E-state index contributed by atoms with van der Waals surface area (Å²) in [5, 5.41) is 1.04. The lowest BCUT2D eigenvalue weighted by molar-refractivity contribution is 0.480. The zero-order chi connectivity index (χ0) is 11.5. The Balaban J connectivity index is 2.27. The predicted octanol–water partition coefficient (Wildman–Crippen LogP) is 4.94. The smallest absolute Gasteiger partial charge is 0.146 e. The van der Waals surface area contributed by atoms with Gasteiger partial charge in [0.05, 0.1) is 11.2 Å². The van der Waals surface area contributed by atoms with Crippen molar-refractivity contribution in [2.45, 2.75) is 0 Å². The van der Waals surface area contributed by atoms with E-state index in [0.29, 0.717) is 21.5 Å². The Bertz CT molecular complexity index is 519. The average Bonchev–Trinajstić information content (AvgIpc) is 2.22. The third kappa shape index (κ3) is 2.88. The topological polar surface area (TPSA) is 22.1 Å². The molecule has 0 bridgehead atoms. The second-order valence-corrected chi connectivity index (χ2v) is 4.77. The van der Waals surface area contributed by atoms with Gasteiger partial charge in [-0.25, -0.2) is 0 Å². The van der Waals surface area contributed by atoms with E-state index in [1.165, 1.54) is 0 Å². The van der Waals surface area contributed by atoms with Gasteiger partial charge in [-0.2, -0.15) is 0 Å². The summed E-state index contributed by atoms with van der Waals surface area (Å²) in [4.78, 5) is 3.99. The lowest BCUT2D eigenvalue weighted by Gasteiger charge is -2.07. The van der Waals surface area contributed by atoms with Crippen LogP contribution in [-0.4, -0.2) is 4.98 Å². The van der Waals surface area contributed by atoms with Crippen molar-refractivity contribution >= 4 is 39.1 Å². The highest BCUT2D eigenvalue weighted by Gasteiger charge is 2.04. The van der Waals surface area contributed by atoms with Crippen molar-refractivity contribution < 1.29 is 4.74 Å². The molecule has 0 atom stereocenters. The number of ether oxygens (including phenoxy) is 1. The Kier molecular flexibility index (Phi) is 3.69. The van der Waals surface area contributed by atoms with Gasteiger partial charge >= 0.3 is 0 Å². The lowest BCUT2D eigenvalue weighted by atomic mass is 10.3. The van der Waals surface area contributed by atoms with Crippen LogP contribution in [0.1, 0.15) is 0 Å². The van der Waals surface area contributed by atoms with Gasteiger partial charge in [-0.15, -0.1) is 0 Å². The first kappa shape index (κ1) is 11.7. The Labute approximate surface area is 111 Å². The van der Waals surface area contributed by atoms with Crippen molar-refractivity contribution in [2.24, 2.45) is 0 Å². The average molecular weight is 319 g/mol. The van der Waals surface area contributed by atoms with Crippen LogP contribution in [0.15, 0.2) is 41.1 Å². The Hall–Kier alpha value is -0.770.